The summed E-state index contributed by atoms with van der Waals surface area (Å²) in [6, 6.07) is 1.34. The third-order valence-electron chi connectivity index (χ3n) is 2.40. The van der Waals surface area contributed by atoms with Gasteiger partial charge in [0.15, 0.2) is 0 Å². The number of aromatic nitrogens is 1. The highest BCUT2D eigenvalue weighted by atomic mass is 79.9. The second-order valence-corrected chi connectivity index (χ2v) is 5.24. The minimum Gasteiger partial charge on any atom is -0.369 e. The number of carbonyl (C=O) groups excluding carboxylic acids is 1. The minimum absolute atomic E-state index is 0.110. The van der Waals surface area contributed by atoms with Gasteiger partial charge in [0.05, 0.1) is 14.8 Å². The van der Waals surface area contributed by atoms with Crippen molar-refractivity contribution < 1.29 is 9.72 Å². The molecule has 1 rings (SSSR count). The third-order valence-corrected chi connectivity index (χ3v) is 3.01. The van der Waals surface area contributed by atoms with E-state index in [0.29, 0.717) is 10.3 Å². The molecule has 1 aromatic heterocycles. The van der Waals surface area contributed by atoms with Crippen LogP contribution in [0.5, 0.6) is 0 Å². The first-order chi connectivity index (χ1) is 8.24. The molecule has 0 aliphatic rings. The van der Waals surface area contributed by atoms with Crippen LogP contribution in [0.25, 0.3) is 0 Å². The number of amides is 1. The molecule has 0 saturated carbocycles. The summed E-state index contributed by atoms with van der Waals surface area (Å²) >= 11 is 3.17. The summed E-state index contributed by atoms with van der Waals surface area (Å²) in [7, 11) is 0. The molecular weight excluding hydrogens is 304 g/mol. The Kier molecular flexibility index (Phi) is 4.23. The number of primary amides is 1. The molecule has 0 bridgehead atoms. The summed E-state index contributed by atoms with van der Waals surface area (Å²) in [6.07, 6.45) is 1.14. The van der Waals surface area contributed by atoms with Gasteiger partial charge in [0.2, 0.25) is 5.91 Å². The van der Waals surface area contributed by atoms with Crippen LogP contribution < -0.4 is 11.1 Å². The van der Waals surface area contributed by atoms with Gasteiger partial charge in [-0.25, -0.2) is 4.98 Å². The van der Waals surface area contributed by atoms with Gasteiger partial charge in [0.25, 0.3) is 5.69 Å². The van der Waals surface area contributed by atoms with Crippen LogP contribution in [0.2, 0.25) is 0 Å². The maximum absolute atomic E-state index is 11.1. The van der Waals surface area contributed by atoms with Crippen molar-refractivity contribution in [3.63, 3.8) is 0 Å². The molecule has 98 valence electrons. The van der Waals surface area contributed by atoms with Gasteiger partial charge in [-0.1, -0.05) is 0 Å². The van der Waals surface area contributed by atoms with Crippen LogP contribution in [0, 0.1) is 15.5 Å². The maximum atomic E-state index is 11.1. The van der Waals surface area contributed by atoms with Crippen LogP contribution >= 0.6 is 15.9 Å². The molecule has 1 aromatic rings. The lowest BCUT2D eigenvalue weighted by Gasteiger charge is -2.21. The molecule has 0 radical (unpaired) electrons. The van der Waals surface area contributed by atoms with Crippen LogP contribution in [0.4, 0.5) is 11.5 Å². The van der Waals surface area contributed by atoms with E-state index < -0.39 is 16.2 Å². The first kappa shape index (κ1) is 14.4. The molecule has 0 unspecified atom stereocenters. The third kappa shape index (κ3) is 3.39. The molecule has 1 amide bonds. The second kappa shape index (κ2) is 5.30. The molecule has 1 heterocycles. The molecule has 0 aromatic carbocycles. The smallest absolute Gasteiger partial charge is 0.288 e. The number of hydrogen-bond donors (Lipinski definition) is 2. The van der Waals surface area contributed by atoms with Crippen LogP contribution in [-0.2, 0) is 4.79 Å². The summed E-state index contributed by atoms with van der Waals surface area (Å²) in [5, 5.41) is 13.5. The van der Waals surface area contributed by atoms with E-state index in [4.69, 9.17) is 5.73 Å². The lowest BCUT2D eigenvalue weighted by atomic mass is 9.93. The lowest BCUT2D eigenvalue weighted by molar-refractivity contribution is -0.385. The van der Waals surface area contributed by atoms with Crippen molar-refractivity contribution in [2.75, 3.05) is 11.9 Å². The summed E-state index contributed by atoms with van der Waals surface area (Å²) in [6.45, 7) is 3.68. The van der Waals surface area contributed by atoms with E-state index in [1.165, 1.54) is 6.07 Å². The number of rotatable bonds is 5. The van der Waals surface area contributed by atoms with E-state index in [1.807, 2.05) is 0 Å². The Morgan fingerprint density at radius 2 is 2.28 bits per heavy atom. The van der Waals surface area contributed by atoms with Crippen LogP contribution in [0.1, 0.15) is 13.8 Å². The average molecular weight is 317 g/mol. The molecule has 0 spiro atoms. The second-order valence-electron chi connectivity index (χ2n) is 4.38. The normalized spacial score (nSPS) is 11.1. The monoisotopic (exact) mass is 316 g/mol. The fourth-order valence-electron chi connectivity index (χ4n) is 1.05. The zero-order chi connectivity index (χ0) is 13.9. The summed E-state index contributed by atoms with van der Waals surface area (Å²) in [5.41, 5.74) is 4.39. The Morgan fingerprint density at radius 3 is 2.72 bits per heavy atom. The number of nitrogens with two attached hydrogens (primary N) is 1. The van der Waals surface area contributed by atoms with Crippen molar-refractivity contribution in [2.24, 2.45) is 11.1 Å². The SMILES string of the molecule is CC(C)(CNc1ncc([N+](=O)[O-])cc1Br)C(N)=O. The standard InChI is InChI=1S/C10H13BrN4O3/c1-10(2,9(12)16)5-14-8-7(11)3-6(4-13-8)15(17)18/h3-4H,5H2,1-2H3,(H2,12,16)(H,13,14). The summed E-state index contributed by atoms with van der Waals surface area (Å²) in [5.74, 6) is -0.0111. The Morgan fingerprint density at radius 1 is 1.67 bits per heavy atom. The molecule has 0 saturated heterocycles. The van der Waals surface area contributed by atoms with Crippen molar-refractivity contribution in [2.45, 2.75) is 13.8 Å². The molecule has 0 atom stereocenters. The zero-order valence-corrected chi connectivity index (χ0v) is 11.5. The Bertz CT molecular complexity index is 490. The predicted octanol–water partition coefficient (Wildman–Crippen LogP) is 1.68. The van der Waals surface area contributed by atoms with Crippen molar-refractivity contribution in [3.05, 3.63) is 26.9 Å². The van der Waals surface area contributed by atoms with E-state index in [-0.39, 0.29) is 12.2 Å². The number of anilines is 1. The van der Waals surface area contributed by atoms with Gasteiger partial charge in [0.1, 0.15) is 12.0 Å². The molecule has 0 aliphatic heterocycles. The molecule has 7 nitrogen and oxygen atoms in total. The summed E-state index contributed by atoms with van der Waals surface area (Å²) in [4.78, 5) is 25.0. The fourth-order valence-corrected chi connectivity index (χ4v) is 1.53. The largest absolute Gasteiger partial charge is 0.369 e. The van der Waals surface area contributed by atoms with Crippen LogP contribution in [0.3, 0.4) is 0 Å². The predicted molar refractivity (Wildman–Crippen MR) is 70.1 cm³/mol. The molecule has 3 N–H and O–H groups in total. The van der Waals surface area contributed by atoms with Gasteiger partial charge < -0.3 is 11.1 Å². The van der Waals surface area contributed by atoms with Gasteiger partial charge >= 0.3 is 0 Å². The van der Waals surface area contributed by atoms with Crippen molar-refractivity contribution >= 4 is 33.3 Å². The van der Waals surface area contributed by atoms with E-state index in [9.17, 15) is 14.9 Å². The fraction of sp³-hybridized carbons (Fsp3) is 0.400. The molecule has 0 fully saturated rings. The number of hydrogen-bond acceptors (Lipinski definition) is 5. The number of halogens is 1. The van der Waals surface area contributed by atoms with E-state index in [2.05, 4.69) is 26.2 Å². The highest BCUT2D eigenvalue weighted by Crippen LogP contribution is 2.25. The number of carbonyl (C=O) groups is 1. The number of nitro groups is 1. The molecular formula is C10H13BrN4O3. The topological polar surface area (TPSA) is 111 Å². The highest BCUT2D eigenvalue weighted by Gasteiger charge is 2.25. The van der Waals surface area contributed by atoms with Crippen molar-refractivity contribution in [3.8, 4) is 0 Å². The quantitative estimate of drug-likeness (QED) is 0.634. The maximum Gasteiger partial charge on any atom is 0.288 e. The van der Waals surface area contributed by atoms with Crippen LogP contribution in [0.15, 0.2) is 16.7 Å². The van der Waals surface area contributed by atoms with Crippen molar-refractivity contribution in [1.29, 1.82) is 0 Å². The Balaban J connectivity index is 2.81. The molecule has 0 aliphatic carbocycles. The summed E-state index contributed by atoms with van der Waals surface area (Å²) < 4.78 is 0.456. The number of pyridine rings is 1. The van der Waals surface area contributed by atoms with E-state index in [1.54, 1.807) is 13.8 Å². The first-order valence-corrected chi connectivity index (χ1v) is 5.87. The van der Waals surface area contributed by atoms with E-state index in [0.717, 1.165) is 6.20 Å². The zero-order valence-electron chi connectivity index (χ0n) is 9.94. The Hall–Kier alpha value is -1.70. The van der Waals surface area contributed by atoms with Gasteiger partial charge in [-0.3, -0.25) is 14.9 Å². The van der Waals surface area contributed by atoms with Gasteiger partial charge in [-0.15, -0.1) is 0 Å². The minimum atomic E-state index is -0.733. The van der Waals surface area contributed by atoms with Gasteiger partial charge in [0, 0.05) is 12.6 Å². The first-order valence-electron chi connectivity index (χ1n) is 5.08. The lowest BCUT2D eigenvalue weighted by Crippen LogP contribution is -2.37. The average Bonchev–Trinajstić information content (AvgIpc) is 2.26. The Labute approximate surface area is 112 Å². The highest BCUT2D eigenvalue weighted by molar-refractivity contribution is 9.10. The van der Waals surface area contributed by atoms with E-state index >= 15 is 0 Å². The van der Waals surface area contributed by atoms with Gasteiger partial charge in [-0.2, -0.15) is 0 Å². The van der Waals surface area contributed by atoms with Gasteiger partial charge in [-0.05, 0) is 29.8 Å². The number of nitrogens with one attached hydrogen (secondary N) is 1. The van der Waals surface area contributed by atoms with Crippen LogP contribution in [-0.4, -0.2) is 22.4 Å². The molecule has 18 heavy (non-hydrogen) atoms. The molecule has 8 heteroatoms. The number of nitrogens with zero attached hydrogens (tertiary/aromatic N) is 2. The van der Waals surface area contributed by atoms with Crippen molar-refractivity contribution in [1.82, 2.24) is 4.98 Å².